The fourth-order valence-corrected chi connectivity index (χ4v) is 2.85. The van der Waals surface area contributed by atoms with Crippen LogP contribution < -0.4 is 20.3 Å². The minimum absolute atomic E-state index is 0.0534. The summed E-state index contributed by atoms with van der Waals surface area (Å²) in [4.78, 5) is 28.4. The first-order valence-corrected chi connectivity index (χ1v) is 8.30. The smallest absolute Gasteiger partial charge is 0.293 e. The Morgan fingerprint density at radius 2 is 2.16 bits per heavy atom. The zero-order chi connectivity index (χ0) is 17.8. The Bertz CT molecular complexity index is 818. The van der Waals surface area contributed by atoms with Gasteiger partial charge >= 0.3 is 0 Å². The molecule has 3 rings (SSSR count). The van der Waals surface area contributed by atoms with E-state index in [0.717, 1.165) is 0 Å². The number of hydrogen-bond donors (Lipinski definition) is 1. The summed E-state index contributed by atoms with van der Waals surface area (Å²) in [5.74, 6) is 1.54. The molecule has 1 aromatic heterocycles. The van der Waals surface area contributed by atoms with E-state index in [1.54, 1.807) is 6.20 Å². The molecule has 0 spiro atoms. The fourth-order valence-electron chi connectivity index (χ4n) is 2.85. The van der Waals surface area contributed by atoms with Gasteiger partial charge in [0, 0.05) is 12.4 Å². The van der Waals surface area contributed by atoms with Crippen LogP contribution in [0.25, 0.3) is 0 Å². The van der Waals surface area contributed by atoms with E-state index in [-0.39, 0.29) is 23.3 Å². The first-order chi connectivity index (χ1) is 12.1. The number of nitrogens with zero attached hydrogens (tertiary/aromatic N) is 2. The molecular formula is C18H21N3O4. The van der Waals surface area contributed by atoms with Crippen molar-refractivity contribution in [3.63, 3.8) is 0 Å². The third-order valence-corrected chi connectivity index (χ3v) is 4.12. The number of nitrogens with one attached hydrogen (secondary N) is 1. The first kappa shape index (κ1) is 17.0. The van der Waals surface area contributed by atoms with Gasteiger partial charge in [-0.1, -0.05) is 19.1 Å². The number of Topliss-reactive ketones (excluding diaryl/α,β-unsaturated/α-hetero) is 1. The number of benzene rings is 1. The van der Waals surface area contributed by atoms with Crippen molar-refractivity contribution in [1.29, 1.82) is 0 Å². The Balaban J connectivity index is 1.70. The molecule has 1 aliphatic rings. The quantitative estimate of drug-likeness (QED) is 0.864. The maximum atomic E-state index is 12.6. The van der Waals surface area contributed by atoms with Crippen molar-refractivity contribution >= 4 is 11.6 Å². The van der Waals surface area contributed by atoms with Crippen LogP contribution in [0, 0.1) is 0 Å². The molecule has 2 aromatic rings. The number of ketones is 1. The molecule has 2 heterocycles. The van der Waals surface area contributed by atoms with Crippen LogP contribution in [0.1, 0.15) is 26.3 Å². The van der Waals surface area contributed by atoms with Gasteiger partial charge in [0.25, 0.3) is 5.56 Å². The normalized spacial score (nSPS) is 17.0. The van der Waals surface area contributed by atoms with Crippen LogP contribution in [-0.2, 0) is 4.79 Å². The molecular weight excluding hydrogens is 322 g/mol. The van der Waals surface area contributed by atoms with Crippen molar-refractivity contribution in [3.8, 4) is 11.5 Å². The Labute approximate surface area is 145 Å². The number of rotatable bonds is 6. The van der Waals surface area contributed by atoms with Gasteiger partial charge in [0.2, 0.25) is 0 Å². The van der Waals surface area contributed by atoms with E-state index in [1.165, 1.54) is 17.7 Å². The number of ether oxygens (including phenoxy) is 2. The molecule has 0 radical (unpaired) electrons. The average molecular weight is 343 g/mol. The van der Waals surface area contributed by atoms with Gasteiger partial charge in [-0.3, -0.25) is 9.59 Å². The maximum absolute atomic E-state index is 12.6. The molecule has 7 nitrogen and oxygen atoms in total. The van der Waals surface area contributed by atoms with E-state index in [1.807, 2.05) is 31.2 Å². The lowest BCUT2D eigenvalue weighted by atomic mass is 10.1. The Hall–Kier alpha value is -2.83. The number of anilines is 1. The maximum Gasteiger partial charge on any atom is 0.293 e. The molecule has 0 fully saturated rings. The summed E-state index contributed by atoms with van der Waals surface area (Å²) >= 11 is 0. The first-order valence-electron chi connectivity index (χ1n) is 8.30. The van der Waals surface area contributed by atoms with Gasteiger partial charge in [-0.15, -0.1) is 0 Å². The van der Waals surface area contributed by atoms with E-state index in [4.69, 9.17) is 9.47 Å². The summed E-state index contributed by atoms with van der Waals surface area (Å²) in [6.07, 6.45) is 3.37. The van der Waals surface area contributed by atoms with Gasteiger partial charge in [0.05, 0.1) is 12.6 Å². The SMILES string of the molecule is CCC(C(C)=O)n1ccnc(NCC2COc3ccccc3O2)c1=O. The minimum Gasteiger partial charge on any atom is -0.486 e. The lowest BCUT2D eigenvalue weighted by molar-refractivity contribution is -0.120. The summed E-state index contributed by atoms with van der Waals surface area (Å²) in [5, 5.41) is 3.01. The Morgan fingerprint density at radius 3 is 2.88 bits per heavy atom. The molecule has 2 atom stereocenters. The van der Waals surface area contributed by atoms with Crippen molar-refractivity contribution < 1.29 is 14.3 Å². The standard InChI is InChI=1S/C18H21N3O4/c1-3-14(12(2)22)21-9-8-19-17(18(21)23)20-10-13-11-24-15-6-4-5-7-16(15)25-13/h4-9,13-14H,3,10-11H2,1-2H3,(H,19,20). The van der Waals surface area contributed by atoms with Gasteiger partial charge in [-0.05, 0) is 25.5 Å². The molecule has 1 N–H and O–H groups in total. The number of para-hydroxylation sites is 2. The summed E-state index contributed by atoms with van der Waals surface area (Å²) in [7, 11) is 0. The third-order valence-electron chi connectivity index (χ3n) is 4.12. The van der Waals surface area contributed by atoms with Gasteiger partial charge < -0.3 is 19.4 Å². The van der Waals surface area contributed by atoms with Crippen molar-refractivity contribution in [3.05, 3.63) is 47.0 Å². The fraction of sp³-hybridized carbons (Fsp3) is 0.389. The second-order valence-corrected chi connectivity index (χ2v) is 5.90. The molecule has 1 aliphatic heterocycles. The monoisotopic (exact) mass is 343 g/mol. The van der Waals surface area contributed by atoms with Crippen molar-refractivity contribution in [1.82, 2.24) is 9.55 Å². The number of carbonyl (C=O) groups excluding carboxylic acids is 1. The van der Waals surface area contributed by atoms with Crippen molar-refractivity contribution in [2.24, 2.45) is 0 Å². The average Bonchev–Trinajstić information content (AvgIpc) is 2.62. The van der Waals surface area contributed by atoms with E-state index >= 15 is 0 Å². The molecule has 0 aliphatic carbocycles. The van der Waals surface area contributed by atoms with Crippen LogP contribution in [-0.4, -0.2) is 34.6 Å². The zero-order valence-corrected chi connectivity index (χ0v) is 14.3. The summed E-state index contributed by atoms with van der Waals surface area (Å²) in [5.41, 5.74) is -0.318. The highest BCUT2D eigenvalue weighted by Crippen LogP contribution is 2.30. The second-order valence-electron chi connectivity index (χ2n) is 5.90. The van der Waals surface area contributed by atoms with Crippen molar-refractivity contribution in [2.45, 2.75) is 32.4 Å². The van der Waals surface area contributed by atoms with Crippen LogP contribution in [0.15, 0.2) is 41.5 Å². The van der Waals surface area contributed by atoms with E-state index in [0.29, 0.717) is 31.1 Å². The molecule has 0 saturated carbocycles. The number of fused-ring (bicyclic) bond motifs is 1. The second kappa shape index (κ2) is 7.38. The molecule has 25 heavy (non-hydrogen) atoms. The lowest BCUT2D eigenvalue weighted by Crippen LogP contribution is -2.37. The molecule has 0 bridgehead atoms. The van der Waals surface area contributed by atoms with Crippen LogP contribution >= 0.6 is 0 Å². The highest BCUT2D eigenvalue weighted by atomic mass is 16.6. The number of aromatic nitrogens is 2. The van der Waals surface area contributed by atoms with Gasteiger partial charge in [-0.2, -0.15) is 0 Å². The highest BCUT2D eigenvalue weighted by molar-refractivity contribution is 5.79. The molecule has 0 saturated heterocycles. The molecule has 0 amide bonds. The number of hydrogen-bond acceptors (Lipinski definition) is 6. The summed E-state index contributed by atoms with van der Waals surface area (Å²) in [6, 6.07) is 6.98. The lowest BCUT2D eigenvalue weighted by Gasteiger charge is -2.26. The van der Waals surface area contributed by atoms with Gasteiger partial charge in [0.1, 0.15) is 12.7 Å². The predicted molar refractivity (Wildman–Crippen MR) is 93.3 cm³/mol. The highest BCUT2D eigenvalue weighted by Gasteiger charge is 2.22. The summed E-state index contributed by atoms with van der Waals surface area (Å²) < 4.78 is 12.9. The van der Waals surface area contributed by atoms with Crippen LogP contribution in [0.2, 0.25) is 0 Å². The van der Waals surface area contributed by atoms with Gasteiger partial charge in [0.15, 0.2) is 23.1 Å². The minimum atomic E-state index is -0.475. The Morgan fingerprint density at radius 1 is 1.40 bits per heavy atom. The van der Waals surface area contributed by atoms with Crippen LogP contribution in [0.4, 0.5) is 5.82 Å². The molecule has 2 unspecified atom stereocenters. The van der Waals surface area contributed by atoms with E-state index < -0.39 is 6.04 Å². The third kappa shape index (κ3) is 3.65. The van der Waals surface area contributed by atoms with E-state index in [9.17, 15) is 9.59 Å². The van der Waals surface area contributed by atoms with Crippen LogP contribution in [0.3, 0.4) is 0 Å². The summed E-state index contributed by atoms with van der Waals surface area (Å²) in [6.45, 7) is 4.11. The van der Waals surface area contributed by atoms with E-state index in [2.05, 4.69) is 10.3 Å². The largest absolute Gasteiger partial charge is 0.486 e. The van der Waals surface area contributed by atoms with Gasteiger partial charge in [-0.25, -0.2) is 4.98 Å². The number of carbonyl (C=O) groups is 1. The predicted octanol–water partition coefficient (Wildman–Crippen LogP) is 2.04. The molecule has 1 aromatic carbocycles. The molecule has 132 valence electrons. The topological polar surface area (TPSA) is 82.5 Å². The zero-order valence-electron chi connectivity index (χ0n) is 14.3. The van der Waals surface area contributed by atoms with Crippen molar-refractivity contribution in [2.75, 3.05) is 18.5 Å². The molecule has 7 heteroatoms. The Kier molecular flexibility index (Phi) is 5.02. The van der Waals surface area contributed by atoms with Crippen LogP contribution in [0.5, 0.6) is 11.5 Å².